The summed E-state index contributed by atoms with van der Waals surface area (Å²) in [7, 11) is 0. The van der Waals surface area contributed by atoms with Crippen molar-refractivity contribution in [2.75, 3.05) is 5.32 Å². The minimum atomic E-state index is -0.522. The van der Waals surface area contributed by atoms with Gasteiger partial charge in [0, 0.05) is 41.3 Å². The number of pyridine rings is 1. The number of aromatic nitrogens is 2. The van der Waals surface area contributed by atoms with Crippen LogP contribution >= 0.6 is 0 Å². The number of aromatic amines is 1. The van der Waals surface area contributed by atoms with Gasteiger partial charge in [0.05, 0.1) is 11.1 Å². The number of carbonyl (C=O) groups is 2. The number of amides is 2. The molecule has 0 aliphatic carbocycles. The van der Waals surface area contributed by atoms with E-state index in [4.69, 9.17) is 11.5 Å². The molecular weight excluding hydrogens is 390 g/mol. The molecule has 2 aromatic heterocycles. The van der Waals surface area contributed by atoms with E-state index in [1.807, 2.05) is 36.4 Å². The average Bonchev–Trinajstić information content (AvgIpc) is 3.24. The van der Waals surface area contributed by atoms with Crippen LogP contribution in [0.3, 0.4) is 0 Å². The van der Waals surface area contributed by atoms with Crippen LogP contribution in [0.5, 0.6) is 0 Å². The molecule has 7 heteroatoms. The first kappa shape index (κ1) is 20.1. The Hall–Kier alpha value is -4.23. The minimum Gasteiger partial charge on any atom is -0.366 e. The van der Waals surface area contributed by atoms with Crippen molar-refractivity contribution < 1.29 is 9.59 Å². The first-order chi connectivity index (χ1) is 15.0. The summed E-state index contributed by atoms with van der Waals surface area (Å²) in [6.07, 6.45) is 4.62. The second-order valence-corrected chi connectivity index (χ2v) is 6.96. The SMILES string of the molecule is C=CC(=O)Nc1cccc(-c2ccc(C(N)=O)c3[nH]c(-c4ccncc4)cc23)c1CN. The largest absolute Gasteiger partial charge is 0.366 e. The van der Waals surface area contributed by atoms with Crippen molar-refractivity contribution in [3.05, 3.63) is 84.7 Å². The summed E-state index contributed by atoms with van der Waals surface area (Å²) in [6, 6.07) is 14.9. The molecule has 6 N–H and O–H groups in total. The lowest BCUT2D eigenvalue weighted by Gasteiger charge is -2.15. The van der Waals surface area contributed by atoms with Crippen molar-refractivity contribution in [3.63, 3.8) is 0 Å². The lowest BCUT2D eigenvalue weighted by atomic mass is 9.93. The molecule has 7 nitrogen and oxygen atoms in total. The summed E-state index contributed by atoms with van der Waals surface area (Å²) < 4.78 is 0. The number of rotatable bonds is 6. The van der Waals surface area contributed by atoms with Crippen LogP contribution in [0.15, 0.2) is 73.6 Å². The first-order valence-electron chi connectivity index (χ1n) is 9.65. The van der Waals surface area contributed by atoms with Gasteiger partial charge in [0.1, 0.15) is 0 Å². The number of anilines is 1. The van der Waals surface area contributed by atoms with Crippen LogP contribution in [0, 0.1) is 0 Å². The van der Waals surface area contributed by atoms with Gasteiger partial charge in [0.25, 0.3) is 5.91 Å². The van der Waals surface area contributed by atoms with Crippen molar-refractivity contribution in [3.8, 4) is 22.4 Å². The standard InChI is InChI=1S/C24H21N5O2/c1-2-22(30)28-20-5-3-4-15(19(20)13-25)16-6-7-17(24(26)31)23-18(16)12-21(29-23)14-8-10-27-11-9-14/h2-12,29H,1,13,25H2,(H2,26,31)(H,28,30). The molecule has 0 aliphatic heterocycles. The van der Waals surface area contributed by atoms with Gasteiger partial charge in [-0.2, -0.15) is 0 Å². The van der Waals surface area contributed by atoms with E-state index in [9.17, 15) is 9.59 Å². The van der Waals surface area contributed by atoms with Crippen LogP contribution in [0.4, 0.5) is 5.69 Å². The van der Waals surface area contributed by atoms with E-state index in [1.54, 1.807) is 24.5 Å². The lowest BCUT2D eigenvalue weighted by Crippen LogP contribution is -2.13. The molecule has 0 fully saturated rings. The highest BCUT2D eigenvalue weighted by Gasteiger charge is 2.18. The van der Waals surface area contributed by atoms with Gasteiger partial charge in [-0.15, -0.1) is 0 Å². The van der Waals surface area contributed by atoms with Gasteiger partial charge < -0.3 is 21.8 Å². The number of fused-ring (bicyclic) bond motifs is 1. The van der Waals surface area contributed by atoms with E-state index >= 15 is 0 Å². The highest BCUT2D eigenvalue weighted by molar-refractivity contribution is 6.11. The molecule has 31 heavy (non-hydrogen) atoms. The third-order valence-corrected chi connectivity index (χ3v) is 5.16. The monoisotopic (exact) mass is 411 g/mol. The van der Waals surface area contributed by atoms with E-state index in [-0.39, 0.29) is 12.5 Å². The molecule has 4 rings (SSSR count). The molecule has 0 saturated heterocycles. The van der Waals surface area contributed by atoms with Gasteiger partial charge in [-0.25, -0.2) is 0 Å². The maximum absolute atomic E-state index is 12.1. The van der Waals surface area contributed by atoms with Crippen molar-refractivity contribution in [1.82, 2.24) is 9.97 Å². The molecule has 0 atom stereocenters. The fourth-order valence-electron chi connectivity index (χ4n) is 3.71. The normalized spacial score (nSPS) is 10.7. The summed E-state index contributed by atoms with van der Waals surface area (Å²) in [4.78, 5) is 31.3. The third kappa shape index (κ3) is 3.70. The number of carbonyl (C=O) groups excluding carboxylic acids is 2. The van der Waals surface area contributed by atoms with Crippen LogP contribution in [0.25, 0.3) is 33.3 Å². The highest BCUT2D eigenvalue weighted by atomic mass is 16.1. The number of nitrogens with one attached hydrogen (secondary N) is 2. The van der Waals surface area contributed by atoms with Gasteiger partial charge in [-0.1, -0.05) is 24.8 Å². The summed E-state index contributed by atoms with van der Waals surface area (Å²) in [5.41, 5.74) is 17.6. The maximum atomic E-state index is 12.1. The first-order valence-corrected chi connectivity index (χ1v) is 9.65. The molecular formula is C24H21N5O2. The molecule has 2 amide bonds. The summed E-state index contributed by atoms with van der Waals surface area (Å²) in [5, 5.41) is 3.63. The van der Waals surface area contributed by atoms with Gasteiger partial charge in [-0.05, 0) is 53.1 Å². The average molecular weight is 411 g/mol. The number of hydrogen-bond donors (Lipinski definition) is 4. The zero-order valence-corrected chi connectivity index (χ0v) is 16.7. The molecule has 2 aromatic carbocycles. The fourth-order valence-corrected chi connectivity index (χ4v) is 3.71. The zero-order valence-electron chi connectivity index (χ0n) is 16.7. The van der Waals surface area contributed by atoms with Crippen molar-refractivity contribution in [2.45, 2.75) is 6.54 Å². The third-order valence-electron chi connectivity index (χ3n) is 5.16. The number of nitrogens with zero attached hydrogens (tertiary/aromatic N) is 1. The molecule has 2 heterocycles. The molecule has 0 bridgehead atoms. The van der Waals surface area contributed by atoms with E-state index < -0.39 is 5.91 Å². The Labute approximate surface area is 178 Å². The number of hydrogen-bond acceptors (Lipinski definition) is 4. The summed E-state index contributed by atoms with van der Waals surface area (Å²) in [5.74, 6) is -0.839. The Balaban J connectivity index is 1.97. The lowest BCUT2D eigenvalue weighted by molar-refractivity contribution is -0.111. The number of benzene rings is 2. The fraction of sp³-hybridized carbons (Fsp3) is 0.0417. The zero-order chi connectivity index (χ0) is 22.0. The number of primary amides is 1. The van der Waals surface area contributed by atoms with E-state index in [0.29, 0.717) is 16.8 Å². The van der Waals surface area contributed by atoms with E-state index in [2.05, 4.69) is 21.9 Å². The van der Waals surface area contributed by atoms with E-state index in [1.165, 1.54) is 6.08 Å². The van der Waals surface area contributed by atoms with Crippen LogP contribution in [-0.4, -0.2) is 21.8 Å². The Kier molecular flexibility index (Phi) is 5.34. The van der Waals surface area contributed by atoms with Gasteiger partial charge in [-0.3, -0.25) is 14.6 Å². The number of nitrogens with two attached hydrogens (primary N) is 2. The summed E-state index contributed by atoms with van der Waals surface area (Å²) >= 11 is 0. The Morgan fingerprint density at radius 3 is 2.55 bits per heavy atom. The molecule has 0 saturated carbocycles. The minimum absolute atomic E-state index is 0.212. The second kappa shape index (κ2) is 8.25. The van der Waals surface area contributed by atoms with Crippen LogP contribution in [0.1, 0.15) is 15.9 Å². The highest BCUT2D eigenvalue weighted by Crippen LogP contribution is 2.37. The predicted octanol–water partition coefficient (Wildman–Crippen LogP) is 3.58. The second-order valence-electron chi connectivity index (χ2n) is 6.96. The molecule has 0 radical (unpaired) electrons. The van der Waals surface area contributed by atoms with Crippen molar-refractivity contribution >= 4 is 28.4 Å². The van der Waals surface area contributed by atoms with Gasteiger partial charge in [0.15, 0.2) is 0 Å². The molecule has 0 unspecified atom stereocenters. The molecule has 0 spiro atoms. The van der Waals surface area contributed by atoms with Crippen LogP contribution < -0.4 is 16.8 Å². The van der Waals surface area contributed by atoms with Gasteiger partial charge in [0.2, 0.25) is 5.91 Å². The van der Waals surface area contributed by atoms with Crippen molar-refractivity contribution in [2.24, 2.45) is 11.5 Å². The topological polar surface area (TPSA) is 127 Å². The summed E-state index contributed by atoms with van der Waals surface area (Å²) in [6.45, 7) is 3.71. The predicted molar refractivity (Wildman–Crippen MR) is 122 cm³/mol. The van der Waals surface area contributed by atoms with Crippen molar-refractivity contribution in [1.29, 1.82) is 0 Å². The van der Waals surface area contributed by atoms with Crippen LogP contribution in [0.2, 0.25) is 0 Å². The van der Waals surface area contributed by atoms with Gasteiger partial charge >= 0.3 is 0 Å². The Morgan fingerprint density at radius 1 is 1.10 bits per heavy atom. The Bertz CT molecular complexity index is 1310. The van der Waals surface area contributed by atoms with Crippen LogP contribution in [-0.2, 0) is 11.3 Å². The molecule has 4 aromatic rings. The van der Waals surface area contributed by atoms with E-state index in [0.717, 1.165) is 33.3 Å². The molecule has 154 valence electrons. The smallest absolute Gasteiger partial charge is 0.250 e. The number of H-pyrrole nitrogens is 1. The maximum Gasteiger partial charge on any atom is 0.250 e. The quantitative estimate of drug-likeness (QED) is 0.362. The molecule has 0 aliphatic rings. The Morgan fingerprint density at radius 2 is 1.87 bits per heavy atom.